The van der Waals surface area contributed by atoms with Crippen LogP contribution >= 0.6 is 11.3 Å². The van der Waals surface area contributed by atoms with Crippen LogP contribution in [0.15, 0.2) is 24.3 Å². The molecule has 8 N–H and O–H groups in total. The molecule has 0 unspecified atom stereocenters. The van der Waals surface area contributed by atoms with Gasteiger partial charge in [-0.2, -0.15) is 0 Å². The predicted octanol–water partition coefficient (Wildman–Crippen LogP) is 1.88. The maximum Gasteiger partial charge on any atom is 0.323 e. The number of thiophene rings is 1. The van der Waals surface area contributed by atoms with Crippen LogP contribution in [0.5, 0.6) is 5.75 Å². The Hall–Kier alpha value is -3.11. The third-order valence-corrected chi connectivity index (χ3v) is 5.16. The number of hydrogen-bond donors (Lipinski definition) is 5. The van der Waals surface area contributed by atoms with Gasteiger partial charge < -0.3 is 27.0 Å². The summed E-state index contributed by atoms with van der Waals surface area (Å²) in [6.45, 7) is 3.42. The molecule has 0 saturated heterocycles. The largest absolute Gasteiger partial charge is 0.493 e. The number of primary amides is 2. The zero-order valence-electron chi connectivity index (χ0n) is 15.4. The quantitative estimate of drug-likeness (QED) is 0.448. The molecule has 1 aromatic heterocycles. The Morgan fingerprint density at radius 1 is 1.25 bits per heavy atom. The van der Waals surface area contributed by atoms with Crippen molar-refractivity contribution >= 4 is 34.2 Å². The molecule has 1 atom stereocenters. The van der Waals surface area contributed by atoms with Gasteiger partial charge in [-0.05, 0) is 49.2 Å². The lowest BCUT2D eigenvalue weighted by Crippen LogP contribution is -2.45. The van der Waals surface area contributed by atoms with E-state index in [4.69, 9.17) is 27.0 Å². The van der Waals surface area contributed by atoms with E-state index in [0.717, 1.165) is 11.1 Å². The summed E-state index contributed by atoms with van der Waals surface area (Å²) >= 11 is 1.17. The minimum Gasteiger partial charge on any atom is -0.493 e. The number of urea groups is 1. The molecule has 0 fully saturated rings. The molecule has 3 amide bonds. The molecule has 28 heavy (non-hydrogen) atoms. The molecule has 1 heterocycles. The van der Waals surface area contributed by atoms with Gasteiger partial charge in [0.15, 0.2) is 0 Å². The predicted molar refractivity (Wildman–Crippen MR) is 107 cm³/mol. The number of hydrogen-bond acceptors (Lipinski definition) is 6. The molecule has 0 aliphatic rings. The van der Waals surface area contributed by atoms with Crippen LogP contribution in [0.25, 0.3) is 10.4 Å². The summed E-state index contributed by atoms with van der Waals surface area (Å²) in [5.41, 5.74) is 16.6. The van der Waals surface area contributed by atoms with Crippen molar-refractivity contribution in [2.45, 2.75) is 25.8 Å². The topological polar surface area (TPSA) is 171 Å². The molecular formula is C18H22N4O5S. The highest BCUT2D eigenvalue weighted by atomic mass is 32.1. The highest BCUT2D eigenvalue weighted by molar-refractivity contribution is 7.20. The SMILES string of the molecule is Cc1cc(-c2cc(C(N)=O)c(NC(N)=O)s2)ccc1OCC[C@](C)(N)C(=O)O. The van der Waals surface area contributed by atoms with E-state index in [1.54, 1.807) is 18.2 Å². The first-order valence-electron chi connectivity index (χ1n) is 8.27. The number of amides is 3. The van der Waals surface area contributed by atoms with E-state index in [1.165, 1.54) is 18.3 Å². The Morgan fingerprint density at radius 2 is 1.93 bits per heavy atom. The number of nitrogens with two attached hydrogens (primary N) is 3. The van der Waals surface area contributed by atoms with Crippen molar-refractivity contribution in [3.8, 4) is 16.2 Å². The molecule has 0 radical (unpaired) electrons. The van der Waals surface area contributed by atoms with E-state index in [9.17, 15) is 14.4 Å². The van der Waals surface area contributed by atoms with Crippen molar-refractivity contribution in [1.82, 2.24) is 0 Å². The highest BCUT2D eigenvalue weighted by Crippen LogP contribution is 2.37. The number of aliphatic carboxylic acids is 1. The number of carbonyl (C=O) groups is 3. The lowest BCUT2D eigenvalue weighted by molar-refractivity contribution is -0.143. The second kappa shape index (κ2) is 8.28. The average molecular weight is 406 g/mol. The number of ether oxygens (including phenoxy) is 1. The summed E-state index contributed by atoms with van der Waals surface area (Å²) in [4.78, 5) is 34.4. The Morgan fingerprint density at radius 3 is 2.46 bits per heavy atom. The van der Waals surface area contributed by atoms with Gasteiger partial charge in [-0.1, -0.05) is 0 Å². The number of carboxylic acid groups (broad SMARTS) is 1. The van der Waals surface area contributed by atoms with Crippen LogP contribution in [0.4, 0.5) is 9.80 Å². The van der Waals surface area contributed by atoms with Crippen LogP contribution in [0.1, 0.15) is 29.3 Å². The molecule has 0 bridgehead atoms. The summed E-state index contributed by atoms with van der Waals surface area (Å²) in [6.07, 6.45) is 0.151. The second-order valence-corrected chi connectivity index (χ2v) is 7.56. The van der Waals surface area contributed by atoms with E-state index in [-0.39, 0.29) is 23.6 Å². The molecule has 1 aromatic carbocycles. The summed E-state index contributed by atoms with van der Waals surface area (Å²) in [5, 5.41) is 11.7. The maximum atomic E-state index is 11.6. The van der Waals surface area contributed by atoms with Gasteiger partial charge in [0.1, 0.15) is 16.3 Å². The zero-order valence-corrected chi connectivity index (χ0v) is 16.3. The third kappa shape index (κ3) is 4.99. The van der Waals surface area contributed by atoms with E-state index in [2.05, 4.69) is 5.32 Å². The number of carboxylic acids is 1. The minimum atomic E-state index is -1.36. The number of carbonyl (C=O) groups excluding carboxylic acids is 2. The number of rotatable bonds is 8. The van der Waals surface area contributed by atoms with Crippen molar-refractivity contribution in [2.75, 3.05) is 11.9 Å². The van der Waals surface area contributed by atoms with Gasteiger partial charge in [-0.3, -0.25) is 14.9 Å². The van der Waals surface area contributed by atoms with E-state index < -0.39 is 23.4 Å². The molecule has 150 valence electrons. The Kier molecular flexibility index (Phi) is 6.26. The summed E-state index contributed by atoms with van der Waals surface area (Å²) < 4.78 is 5.65. The van der Waals surface area contributed by atoms with Crippen LogP contribution in [0.3, 0.4) is 0 Å². The monoisotopic (exact) mass is 406 g/mol. The molecule has 0 spiro atoms. The molecule has 0 aliphatic heterocycles. The number of nitrogens with one attached hydrogen (secondary N) is 1. The zero-order chi connectivity index (χ0) is 21.1. The lowest BCUT2D eigenvalue weighted by atomic mass is 10.0. The van der Waals surface area contributed by atoms with Crippen molar-refractivity contribution in [2.24, 2.45) is 17.2 Å². The molecule has 2 rings (SSSR count). The lowest BCUT2D eigenvalue weighted by Gasteiger charge is -2.19. The molecule has 0 aliphatic carbocycles. The average Bonchev–Trinajstić information content (AvgIpc) is 2.99. The fraction of sp³-hybridized carbons (Fsp3) is 0.278. The molecule has 2 aromatic rings. The number of anilines is 1. The first-order chi connectivity index (χ1) is 13.0. The first kappa shape index (κ1) is 21.2. The molecule has 9 nitrogen and oxygen atoms in total. The fourth-order valence-corrected chi connectivity index (χ4v) is 3.43. The van der Waals surface area contributed by atoms with Gasteiger partial charge in [0.05, 0.1) is 12.2 Å². The number of aryl methyl sites for hydroxylation is 1. The van der Waals surface area contributed by atoms with Crippen LogP contribution in [0.2, 0.25) is 0 Å². The standard InChI is InChI=1S/C18H22N4O5S/c1-9-7-10(3-4-12(9)27-6-5-18(2,21)16(24)25)13-8-11(14(19)23)15(28-13)22-17(20)26/h3-4,7-8H,5-6,21H2,1-2H3,(H2,19,23)(H,24,25)(H3,20,22,26)/t18-/m0/s1. The van der Waals surface area contributed by atoms with Crippen LogP contribution < -0.4 is 27.3 Å². The van der Waals surface area contributed by atoms with Gasteiger partial charge in [-0.25, -0.2) is 4.79 Å². The second-order valence-electron chi connectivity index (χ2n) is 6.51. The minimum absolute atomic E-state index is 0.150. The molecule has 10 heteroatoms. The van der Waals surface area contributed by atoms with Crippen LogP contribution in [-0.2, 0) is 4.79 Å². The van der Waals surface area contributed by atoms with Gasteiger partial charge in [0.25, 0.3) is 5.91 Å². The Balaban J connectivity index is 2.19. The van der Waals surface area contributed by atoms with E-state index >= 15 is 0 Å². The van der Waals surface area contributed by atoms with E-state index in [1.807, 2.05) is 13.0 Å². The summed E-state index contributed by atoms with van der Waals surface area (Å²) in [7, 11) is 0. The smallest absolute Gasteiger partial charge is 0.323 e. The Bertz CT molecular complexity index is 923. The highest BCUT2D eigenvalue weighted by Gasteiger charge is 2.27. The molecule has 0 saturated carbocycles. The van der Waals surface area contributed by atoms with Gasteiger partial charge in [-0.15, -0.1) is 11.3 Å². The van der Waals surface area contributed by atoms with Crippen molar-refractivity contribution in [3.63, 3.8) is 0 Å². The van der Waals surface area contributed by atoms with Crippen molar-refractivity contribution < 1.29 is 24.2 Å². The Labute approximate surface area is 165 Å². The van der Waals surface area contributed by atoms with Gasteiger partial charge >= 0.3 is 12.0 Å². The maximum absolute atomic E-state index is 11.6. The fourth-order valence-electron chi connectivity index (χ4n) is 2.37. The number of benzene rings is 1. The summed E-state index contributed by atoms with van der Waals surface area (Å²) in [6, 6.07) is 6.17. The van der Waals surface area contributed by atoms with Crippen LogP contribution in [-0.4, -0.2) is 35.2 Å². The molecular weight excluding hydrogens is 384 g/mol. The van der Waals surface area contributed by atoms with Crippen molar-refractivity contribution in [3.05, 3.63) is 35.4 Å². The normalized spacial score (nSPS) is 12.8. The third-order valence-electron chi connectivity index (χ3n) is 4.06. The van der Waals surface area contributed by atoms with Gasteiger partial charge in [0.2, 0.25) is 0 Å². The van der Waals surface area contributed by atoms with Crippen LogP contribution in [0, 0.1) is 6.92 Å². The summed E-state index contributed by atoms with van der Waals surface area (Å²) in [5.74, 6) is -1.18. The van der Waals surface area contributed by atoms with E-state index in [0.29, 0.717) is 10.6 Å². The van der Waals surface area contributed by atoms with Gasteiger partial charge in [0, 0.05) is 11.3 Å². The first-order valence-corrected chi connectivity index (χ1v) is 9.09. The van der Waals surface area contributed by atoms with Crippen molar-refractivity contribution in [1.29, 1.82) is 0 Å².